The first-order chi connectivity index (χ1) is 8.33. The van der Waals surface area contributed by atoms with Crippen molar-refractivity contribution >= 4 is 10.9 Å². The van der Waals surface area contributed by atoms with Crippen molar-refractivity contribution in [1.82, 2.24) is 4.98 Å². The fourth-order valence-electron chi connectivity index (χ4n) is 2.94. The van der Waals surface area contributed by atoms with Crippen molar-refractivity contribution in [2.75, 3.05) is 0 Å². The van der Waals surface area contributed by atoms with Gasteiger partial charge in [-0.2, -0.15) is 0 Å². The smallest absolute Gasteiger partial charge is 0.0705 e. The molecule has 1 heterocycles. The van der Waals surface area contributed by atoms with E-state index in [0.29, 0.717) is 0 Å². The average molecular weight is 225 g/mol. The first-order valence-electron chi connectivity index (χ1n) is 6.70. The van der Waals surface area contributed by atoms with Crippen LogP contribution in [0, 0.1) is 6.92 Å². The lowest BCUT2D eigenvalue weighted by Gasteiger charge is -2.22. The fourth-order valence-corrected chi connectivity index (χ4v) is 2.94. The molecule has 1 saturated carbocycles. The number of nitrogens with zero attached hydrogens (tertiary/aromatic N) is 1. The van der Waals surface area contributed by atoms with Crippen LogP contribution in [-0.4, -0.2) is 4.98 Å². The largest absolute Gasteiger partial charge is 0.253 e. The Morgan fingerprint density at radius 1 is 1.00 bits per heavy atom. The Kier molecular flexibility index (Phi) is 2.84. The maximum Gasteiger partial charge on any atom is 0.0705 e. The van der Waals surface area contributed by atoms with E-state index < -0.39 is 0 Å². The summed E-state index contributed by atoms with van der Waals surface area (Å²) in [6, 6.07) is 11.1. The molecule has 0 N–H and O–H groups in total. The van der Waals surface area contributed by atoms with E-state index in [1.54, 1.807) is 0 Å². The van der Waals surface area contributed by atoms with Crippen molar-refractivity contribution in [2.24, 2.45) is 0 Å². The summed E-state index contributed by atoms with van der Waals surface area (Å²) in [5.41, 5.74) is 3.75. The third-order valence-electron chi connectivity index (χ3n) is 3.93. The zero-order valence-electron chi connectivity index (χ0n) is 10.4. The van der Waals surface area contributed by atoms with Crippen LogP contribution in [-0.2, 0) is 0 Å². The highest BCUT2D eigenvalue weighted by Gasteiger charge is 2.15. The summed E-state index contributed by atoms with van der Waals surface area (Å²) in [6.45, 7) is 2.05. The molecule has 0 aliphatic heterocycles. The molecule has 1 fully saturated rings. The SMILES string of the molecule is Cc1ccc2cc(C3CCCCC3)ccc2n1. The maximum atomic E-state index is 4.56. The highest BCUT2D eigenvalue weighted by Crippen LogP contribution is 2.33. The zero-order valence-corrected chi connectivity index (χ0v) is 10.4. The second-order valence-electron chi connectivity index (χ2n) is 5.24. The van der Waals surface area contributed by atoms with E-state index in [0.717, 1.165) is 17.1 Å². The Hall–Kier alpha value is -1.37. The first-order valence-corrected chi connectivity index (χ1v) is 6.70. The predicted molar refractivity (Wildman–Crippen MR) is 72.3 cm³/mol. The molecule has 0 radical (unpaired) electrons. The minimum Gasteiger partial charge on any atom is -0.253 e. The summed E-state index contributed by atoms with van der Waals surface area (Å²) >= 11 is 0. The lowest BCUT2D eigenvalue weighted by Crippen LogP contribution is -2.04. The van der Waals surface area contributed by atoms with E-state index in [1.807, 2.05) is 0 Å². The van der Waals surface area contributed by atoms with Gasteiger partial charge in [-0.3, -0.25) is 4.98 Å². The molecule has 0 bridgehead atoms. The maximum absolute atomic E-state index is 4.56. The summed E-state index contributed by atoms with van der Waals surface area (Å²) in [5, 5.41) is 1.29. The fraction of sp³-hybridized carbons (Fsp3) is 0.438. The molecular formula is C16H19N. The highest BCUT2D eigenvalue weighted by molar-refractivity contribution is 5.79. The van der Waals surface area contributed by atoms with Crippen LogP contribution in [0.15, 0.2) is 30.3 Å². The van der Waals surface area contributed by atoms with Gasteiger partial charge in [-0.25, -0.2) is 0 Å². The number of rotatable bonds is 1. The van der Waals surface area contributed by atoms with Crippen LogP contribution in [0.3, 0.4) is 0 Å². The van der Waals surface area contributed by atoms with E-state index in [4.69, 9.17) is 0 Å². The summed E-state index contributed by atoms with van der Waals surface area (Å²) in [7, 11) is 0. The molecule has 2 aromatic rings. The first kappa shape index (κ1) is 10.8. The number of fused-ring (bicyclic) bond motifs is 1. The van der Waals surface area contributed by atoms with Gasteiger partial charge in [0.2, 0.25) is 0 Å². The van der Waals surface area contributed by atoms with Gasteiger partial charge < -0.3 is 0 Å². The van der Waals surface area contributed by atoms with Crippen molar-refractivity contribution in [3.63, 3.8) is 0 Å². The Bertz CT molecular complexity index is 524. The number of benzene rings is 1. The Balaban J connectivity index is 1.98. The van der Waals surface area contributed by atoms with E-state index in [1.165, 1.54) is 43.1 Å². The standard InChI is InChI=1S/C16H19N/c1-12-7-8-15-11-14(9-10-16(15)17-12)13-5-3-2-4-6-13/h7-11,13H,2-6H2,1H3. The molecule has 0 saturated heterocycles. The molecule has 3 rings (SSSR count). The second-order valence-corrected chi connectivity index (χ2v) is 5.24. The third kappa shape index (κ3) is 2.19. The molecule has 0 atom stereocenters. The molecule has 1 nitrogen and oxygen atoms in total. The van der Waals surface area contributed by atoms with Crippen molar-refractivity contribution in [1.29, 1.82) is 0 Å². The number of aromatic nitrogens is 1. The summed E-state index contributed by atoms with van der Waals surface area (Å²) in [4.78, 5) is 4.56. The van der Waals surface area contributed by atoms with Crippen LogP contribution in [0.5, 0.6) is 0 Å². The minimum absolute atomic E-state index is 0.787. The number of pyridine rings is 1. The van der Waals surface area contributed by atoms with E-state index in [2.05, 4.69) is 42.2 Å². The normalized spacial score (nSPS) is 17.5. The van der Waals surface area contributed by atoms with Crippen LogP contribution < -0.4 is 0 Å². The second kappa shape index (κ2) is 4.48. The Labute approximate surface area is 103 Å². The van der Waals surface area contributed by atoms with Crippen LogP contribution in [0.4, 0.5) is 0 Å². The minimum atomic E-state index is 0.787. The van der Waals surface area contributed by atoms with Gasteiger partial charge in [0.05, 0.1) is 5.52 Å². The highest BCUT2D eigenvalue weighted by atomic mass is 14.7. The molecule has 88 valence electrons. The number of hydrogen-bond donors (Lipinski definition) is 0. The Morgan fingerprint density at radius 3 is 2.65 bits per heavy atom. The van der Waals surface area contributed by atoms with Crippen molar-refractivity contribution in [3.05, 3.63) is 41.6 Å². The molecule has 0 unspecified atom stereocenters. The molecule has 1 heteroatoms. The van der Waals surface area contributed by atoms with Gasteiger partial charge in [-0.15, -0.1) is 0 Å². The third-order valence-corrected chi connectivity index (χ3v) is 3.93. The molecule has 1 aliphatic rings. The summed E-state index contributed by atoms with van der Waals surface area (Å²) in [6.07, 6.45) is 6.95. The molecule has 0 spiro atoms. The van der Waals surface area contributed by atoms with Crippen LogP contribution in [0.2, 0.25) is 0 Å². The zero-order chi connectivity index (χ0) is 11.7. The number of hydrogen-bond acceptors (Lipinski definition) is 1. The van der Waals surface area contributed by atoms with E-state index in [9.17, 15) is 0 Å². The van der Waals surface area contributed by atoms with E-state index >= 15 is 0 Å². The van der Waals surface area contributed by atoms with Crippen LogP contribution in [0.1, 0.15) is 49.3 Å². The van der Waals surface area contributed by atoms with Gasteiger partial charge in [-0.05, 0) is 49.4 Å². The molecule has 17 heavy (non-hydrogen) atoms. The van der Waals surface area contributed by atoms with Crippen LogP contribution in [0.25, 0.3) is 10.9 Å². The summed E-state index contributed by atoms with van der Waals surface area (Å²) < 4.78 is 0. The molecule has 1 aliphatic carbocycles. The lowest BCUT2D eigenvalue weighted by molar-refractivity contribution is 0.444. The summed E-state index contributed by atoms with van der Waals surface area (Å²) in [5.74, 6) is 0.787. The van der Waals surface area contributed by atoms with Gasteiger partial charge in [0.25, 0.3) is 0 Å². The molecule has 1 aromatic heterocycles. The monoisotopic (exact) mass is 225 g/mol. The van der Waals surface area contributed by atoms with Crippen LogP contribution >= 0.6 is 0 Å². The van der Waals surface area contributed by atoms with Crippen molar-refractivity contribution in [3.8, 4) is 0 Å². The molecule has 1 aromatic carbocycles. The predicted octanol–water partition coefficient (Wildman–Crippen LogP) is 4.59. The van der Waals surface area contributed by atoms with Gasteiger partial charge in [0, 0.05) is 11.1 Å². The average Bonchev–Trinajstić information content (AvgIpc) is 2.39. The van der Waals surface area contributed by atoms with Crippen molar-refractivity contribution < 1.29 is 0 Å². The number of aryl methyl sites for hydroxylation is 1. The van der Waals surface area contributed by atoms with Gasteiger partial charge >= 0.3 is 0 Å². The van der Waals surface area contributed by atoms with Gasteiger partial charge in [0.15, 0.2) is 0 Å². The topological polar surface area (TPSA) is 12.9 Å². The lowest BCUT2D eigenvalue weighted by atomic mass is 9.84. The Morgan fingerprint density at radius 2 is 1.82 bits per heavy atom. The van der Waals surface area contributed by atoms with Gasteiger partial charge in [-0.1, -0.05) is 31.4 Å². The van der Waals surface area contributed by atoms with E-state index in [-0.39, 0.29) is 0 Å². The van der Waals surface area contributed by atoms with Crippen molar-refractivity contribution in [2.45, 2.75) is 44.9 Å². The molecule has 0 amide bonds. The van der Waals surface area contributed by atoms with Gasteiger partial charge in [0.1, 0.15) is 0 Å². The quantitative estimate of drug-likeness (QED) is 0.691. The molecular weight excluding hydrogens is 206 g/mol.